The lowest BCUT2D eigenvalue weighted by atomic mass is 9.94. The largest absolute Gasteiger partial charge is 0.496 e. The van der Waals surface area contributed by atoms with Crippen molar-refractivity contribution >= 4 is 28.8 Å². The van der Waals surface area contributed by atoms with Gasteiger partial charge in [-0.25, -0.2) is 9.97 Å². The number of halogens is 1. The summed E-state index contributed by atoms with van der Waals surface area (Å²) in [6, 6.07) is 14.4. The molecule has 5 rings (SSSR count). The number of nitrogens with zero attached hydrogens (tertiary/aromatic N) is 3. The van der Waals surface area contributed by atoms with E-state index in [0.29, 0.717) is 5.15 Å². The van der Waals surface area contributed by atoms with Gasteiger partial charge in [-0.1, -0.05) is 48.0 Å². The Bertz CT molecular complexity index is 1010. The number of para-hydroxylation sites is 2. The van der Waals surface area contributed by atoms with Crippen LogP contribution in [0.1, 0.15) is 22.7 Å². The second-order valence-corrected chi connectivity index (χ2v) is 6.80. The summed E-state index contributed by atoms with van der Waals surface area (Å²) < 4.78 is 5.63. The first-order valence-corrected chi connectivity index (χ1v) is 8.95. The molecule has 1 N–H and O–H groups in total. The third-order valence-corrected chi connectivity index (χ3v) is 5.40. The monoisotopic (exact) mass is 364 g/mol. The maximum absolute atomic E-state index is 6.45. The Balaban J connectivity index is 1.80. The van der Waals surface area contributed by atoms with Gasteiger partial charge in [-0.15, -0.1) is 0 Å². The third kappa shape index (κ3) is 2.17. The highest BCUT2D eigenvalue weighted by molar-refractivity contribution is 6.32. The molecule has 0 saturated heterocycles. The molecule has 1 unspecified atom stereocenters. The predicted octanol–water partition coefficient (Wildman–Crippen LogP) is 4.35. The fourth-order valence-corrected chi connectivity index (χ4v) is 4.17. The van der Waals surface area contributed by atoms with Crippen LogP contribution in [0.5, 0.6) is 5.75 Å². The Hall–Kier alpha value is -2.79. The Labute approximate surface area is 156 Å². The summed E-state index contributed by atoms with van der Waals surface area (Å²) >= 11 is 6.45. The first kappa shape index (κ1) is 15.5. The van der Waals surface area contributed by atoms with Gasteiger partial charge >= 0.3 is 0 Å². The standard InChI is InChI=1S/C20H17ClN4O/c1-26-15-8-3-2-6-13(15)16-14-7-4-5-12-9-10-25(18(12)14)20-17(24-16)19(21)22-11-23-20/h2-8,11,16,24H,9-10H2,1H3. The summed E-state index contributed by atoms with van der Waals surface area (Å²) in [5.74, 6) is 1.66. The van der Waals surface area contributed by atoms with E-state index >= 15 is 0 Å². The van der Waals surface area contributed by atoms with E-state index in [1.54, 1.807) is 7.11 Å². The molecule has 3 aromatic rings. The zero-order valence-corrected chi connectivity index (χ0v) is 15.0. The van der Waals surface area contributed by atoms with Gasteiger partial charge in [0.2, 0.25) is 0 Å². The number of aromatic nitrogens is 2. The molecule has 0 bridgehead atoms. The molecule has 1 aromatic heterocycles. The van der Waals surface area contributed by atoms with Crippen molar-refractivity contribution in [2.24, 2.45) is 0 Å². The fraction of sp³-hybridized carbons (Fsp3) is 0.200. The third-order valence-electron chi connectivity index (χ3n) is 5.11. The van der Waals surface area contributed by atoms with Crippen LogP contribution in [0.2, 0.25) is 5.15 Å². The van der Waals surface area contributed by atoms with Crippen LogP contribution in [0.25, 0.3) is 0 Å². The minimum atomic E-state index is -0.105. The van der Waals surface area contributed by atoms with Gasteiger partial charge in [-0.3, -0.25) is 0 Å². The molecule has 6 heteroatoms. The van der Waals surface area contributed by atoms with Crippen molar-refractivity contribution in [1.29, 1.82) is 0 Å². The Kier molecular flexibility index (Phi) is 3.50. The highest BCUT2D eigenvalue weighted by Crippen LogP contribution is 2.49. The normalized spacial score (nSPS) is 17.2. The van der Waals surface area contributed by atoms with Crippen molar-refractivity contribution < 1.29 is 4.74 Å². The van der Waals surface area contributed by atoms with Gasteiger partial charge in [-0.05, 0) is 18.1 Å². The van der Waals surface area contributed by atoms with Crippen LogP contribution < -0.4 is 15.0 Å². The smallest absolute Gasteiger partial charge is 0.161 e. The first-order valence-electron chi connectivity index (χ1n) is 8.57. The molecule has 0 spiro atoms. The summed E-state index contributed by atoms with van der Waals surface area (Å²) in [7, 11) is 1.70. The average Bonchev–Trinajstić information content (AvgIpc) is 3.04. The van der Waals surface area contributed by atoms with Gasteiger partial charge in [0.15, 0.2) is 11.0 Å². The van der Waals surface area contributed by atoms with Crippen LogP contribution in [-0.4, -0.2) is 23.6 Å². The van der Waals surface area contributed by atoms with E-state index in [-0.39, 0.29) is 6.04 Å². The van der Waals surface area contributed by atoms with E-state index in [1.165, 1.54) is 23.1 Å². The molecule has 0 radical (unpaired) electrons. The minimum Gasteiger partial charge on any atom is -0.496 e. The predicted molar refractivity (Wildman–Crippen MR) is 103 cm³/mol. The molecular formula is C20H17ClN4O. The van der Waals surface area contributed by atoms with Crippen molar-refractivity contribution in [3.63, 3.8) is 0 Å². The van der Waals surface area contributed by atoms with Crippen molar-refractivity contribution in [3.8, 4) is 5.75 Å². The van der Waals surface area contributed by atoms with Crippen LogP contribution in [0.3, 0.4) is 0 Å². The lowest BCUT2D eigenvalue weighted by Gasteiger charge is -2.23. The van der Waals surface area contributed by atoms with E-state index < -0.39 is 0 Å². The van der Waals surface area contributed by atoms with Crippen LogP contribution in [0.4, 0.5) is 17.2 Å². The van der Waals surface area contributed by atoms with Gasteiger partial charge in [0.05, 0.1) is 18.8 Å². The topological polar surface area (TPSA) is 50.3 Å². The molecule has 0 fully saturated rings. The van der Waals surface area contributed by atoms with Crippen molar-refractivity contribution in [2.45, 2.75) is 12.5 Å². The van der Waals surface area contributed by atoms with Crippen LogP contribution in [0, 0.1) is 0 Å². The zero-order chi connectivity index (χ0) is 17.7. The molecule has 2 aliphatic heterocycles. The number of hydrogen-bond donors (Lipinski definition) is 1. The van der Waals surface area contributed by atoms with Crippen molar-refractivity contribution in [2.75, 3.05) is 23.9 Å². The van der Waals surface area contributed by atoms with E-state index in [0.717, 1.165) is 35.8 Å². The summed E-state index contributed by atoms with van der Waals surface area (Å²) in [6.07, 6.45) is 2.51. The fourth-order valence-electron chi connectivity index (χ4n) is 3.99. The lowest BCUT2D eigenvalue weighted by molar-refractivity contribution is 0.408. The van der Waals surface area contributed by atoms with Gasteiger partial charge in [0.25, 0.3) is 0 Å². The summed E-state index contributed by atoms with van der Waals surface area (Å²) in [5.41, 5.74) is 5.55. The Morgan fingerprint density at radius 3 is 2.85 bits per heavy atom. The number of fused-ring (bicyclic) bond motifs is 2. The van der Waals surface area contributed by atoms with Gasteiger partial charge < -0.3 is 15.0 Å². The van der Waals surface area contributed by atoms with Crippen molar-refractivity contribution in [3.05, 3.63) is 70.6 Å². The molecule has 0 saturated carbocycles. The number of benzene rings is 2. The number of nitrogens with one attached hydrogen (secondary N) is 1. The summed E-state index contributed by atoms with van der Waals surface area (Å²) in [4.78, 5) is 11.0. The Morgan fingerprint density at radius 2 is 1.96 bits per heavy atom. The molecule has 5 nitrogen and oxygen atoms in total. The van der Waals surface area contributed by atoms with Gasteiger partial charge in [0.1, 0.15) is 17.8 Å². The first-order chi connectivity index (χ1) is 12.8. The summed E-state index contributed by atoms with van der Waals surface area (Å²) in [6.45, 7) is 0.882. The number of rotatable bonds is 2. The van der Waals surface area contributed by atoms with Crippen LogP contribution >= 0.6 is 11.6 Å². The van der Waals surface area contributed by atoms with Crippen LogP contribution in [0.15, 0.2) is 48.8 Å². The van der Waals surface area contributed by atoms with Crippen LogP contribution in [-0.2, 0) is 6.42 Å². The zero-order valence-electron chi connectivity index (χ0n) is 14.2. The molecule has 26 heavy (non-hydrogen) atoms. The average molecular weight is 365 g/mol. The van der Waals surface area contributed by atoms with Crippen molar-refractivity contribution in [1.82, 2.24) is 9.97 Å². The highest BCUT2D eigenvalue weighted by atomic mass is 35.5. The van der Waals surface area contributed by atoms with Gasteiger partial charge in [0, 0.05) is 17.7 Å². The van der Waals surface area contributed by atoms with E-state index in [1.807, 2.05) is 18.2 Å². The molecule has 2 aliphatic rings. The molecular weight excluding hydrogens is 348 g/mol. The molecule has 0 aliphatic carbocycles. The van der Waals surface area contributed by atoms with E-state index in [9.17, 15) is 0 Å². The SMILES string of the molecule is COc1ccccc1C1Nc2c(Cl)ncnc2N2CCc3cccc1c32. The maximum Gasteiger partial charge on any atom is 0.161 e. The molecule has 2 aromatic carbocycles. The highest BCUT2D eigenvalue weighted by Gasteiger charge is 2.35. The molecule has 0 amide bonds. The minimum absolute atomic E-state index is 0.105. The second-order valence-electron chi connectivity index (χ2n) is 6.44. The Morgan fingerprint density at radius 1 is 1.12 bits per heavy atom. The summed E-state index contributed by atoms with van der Waals surface area (Å²) in [5, 5.41) is 4.01. The molecule has 3 heterocycles. The molecule has 1 atom stereocenters. The maximum atomic E-state index is 6.45. The van der Waals surface area contributed by atoms with Gasteiger partial charge in [-0.2, -0.15) is 0 Å². The number of ether oxygens (including phenoxy) is 1. The number of anilines is 3. The quantitative estimate of drug-likeness (QED) is 0.685. The van der Waals surface area contributed by atoms with E-state index in [2.05, 4.69) is 44.5 Å². The van der Waals surface area contributed by atoms with E-state index in [4.69, 9.17) is 16.3 Å². The second kappa shape index (κ2) is 5.88. The molecule has 130 valence electrons. The lowest BCUT2D eigenvalue weighted by Crippen LogP contribution is -2.15. The number of hydrogen-bond acceptors (Lipinski definition) is 5. The number of methoxy groups -OCH3 is 1.